The molecule has 2 bridgehead atoms. The molecule has 8 heterocycles. The monoisotopic (exact) mass is 1110 g/mol. The summed E-state index contributed by atoms with van der Waals surface area (Å²) in [5, 5.41) is 45.7. The minimum absolute atomic E-state index is 0.00149. The van der Waals surface area contributed by atoms with Gasteiger partial charge in [0.25, 0.3) is 5.88 Å². The van der Waals surface area contributed by atoms with E-state index in [1.54, 1.807) is 22.3 Å². The third-order valence-electron chi connectivity index (χ3n) is 17.4. The van der Waals surface area contributed by atoms with Crippen LogP contribution in [0, 0.1) is 42.2 Å². The van der Waals surface area contributed by atoms with Crippen LogP contribution < -0.4 is 25.0 Å². The Balaban J connectivity index is 0.660. The van der Waals surface area contributed by atoms with Crippen molar-refractivity contribution in [2.45, 2.75) is 121 Å². The van der Waals surface area contributed by atoms with E-state index >= 15 is 8.78 Å². The molecular formula is C60H66F2N10O7S. The highest BCUT2D eigenvalue weighted by atomic mass is 32.1. The number of aliphatic hydroxyl groups is 2. The second kappa shape index (κ2) is 21.9. The Kier molecular flexibility index (Phi) is 14.7. The quantitative estimate of drug-likeness (QED) is 0.0578. The van der Waals surface area contributed by atoms with Crippen LogP contribution in [0.2, 0.25) is 0 Å². The van der Waals surface area contributed by atoms with Crippen LogP contribution in [0.4, 0.5) is 14.6 Å². The molecule has 7 aromatic rings. The summed E-state index contributed by atoms with van der Waals surface area (Å²) >= 11 is 1.59. The Morgan fingerprint density at radius 3 is 2.50 bits per heavy atom. The molecule has 12 rings (SSSR count). The molecule has 80 heavy (non-hydrogen) atoms. The maximum Gasteiger partial charge on any atom is 0.319 e. The Bertz CT molecular complexity index is 3470. The van der Waals surface area contributed by atoms with E-state index in [4.69, 9.17) is 25.4 Å². The molecule has 1 spiro atoms. The number of ether oxygens (including phenoxy) is 2. The van der Waals surface area contributed by atoms with Crippen molar-refractivity contribution in [2.75, 3.05) is 50.8 Å². The van der Waals surface area contributed by atoms with Crippen molar-refractivity contribution in [1.29, 1.82) is 0 Å². The van der Waals surface area contributed by atoms with Crippen LogP contribution in [0.15, 0.2) is 70.8 Å². The molecule has 5 N–H and O–H groups in total. The number of piperidine rings is 1. The second-order valence-electron chi connectivity index (χ2n) is 23.0. The molecule has 17 nitrogen and oxygen atoms in total. The summed E-state index contributed by atoms with van der Waals surface area (Å²) in [6, 6.07) is 14.8. The van der Waals surface area contributed by atoms with Crippen LogP contribution in [0.1, 0.15) is 100 Å². The number of halogens is 2. The first-order valence-electron chi connectivity index (χ1n) is 27.8. The average molecular weight is 1110 g/mol. The predicted octanol–water partition coefficient (Wildman–Crippen LogP) is 8.24. The van der Waals surface area contributed by atoms with Gasteiger partial charge in [0.1, 0.15) is 53.3 Å². The van der Waals surface area contributed by atoms with Crippen LogP contribution in [0.25, 0.3) is 43.4 Å². The molecule has 3 unspecified atom stereocenters. The van der Waals surface area contributed by atoms with E-state index in [2.05, 4.69) is 46.5 Å². The number of aromatic hydroxyl groups is 1. The number of pyridine rings is 1. The number of phenols is 1. The number of hydrogen-bond donors (Lipinski definition) is 5. The smallest absolute Gasteiger partial charge is 0.319 e. The highest BCUT2D eigenvalue weighted by Gasteiger charge is 2.48. The lowest BCUT2D eigenvalue weighted by molar-refractivity contribution is -0.131. The number of amides is 1. The number of phenolic OH excluding ortho intramolecular Hbond substituents is 1. The minimum Gasteiger partial charge on any atom is -0.508 e. The molecular weight excluding hydrogens is 1040 g/mol. The zero-order chi connectivity index (χ0) is 55.6. The van der Waals surface area contributed by atoms with Crippen molar-refractivity contribution in [1.82, 2.24) is 45.5 Å². The molecule has 5 aliphatic rings. The lowest BCUT2D eigenvalue weighted by Crippen LogP contribution is -2.51. The number of piperazine rings is 1. The Labute approximate surface area is 466 Å². The van der Waals surface area contributed by atoms with Gasteiger partial charge in [0.15, 0.2) is 5.82 Å². The van der Waals surface area contributed by atoms with Crippen LogP contribution in [-0.2, 0) is 4.79 Å². The van der Waals surface area contributed by atoms with Gasteiger partial charge in [-0.3, -0.25) is 19.6 Å². The van der Waals surface area contributed by atoms with Gasteiger partial charge in [-0.1, -0.05) is 50.1 Å². The zero-order valence-electron chi connectivity index (χ0n) is 45.2. The molecule has 4 aromatic heterocycles. The minimum atomic E-state index is -1.14. The Hall–Kier alpha value is -6.86. The fourth-order valence-electron chi connectivity index (χ4n) is 13.1. The van der Waals surface area contributed by atoms with E-state index in [1.807, 2.05) is 57.5 Å². The van der Waals surface area contributed by atoms with Gasteiger partial charge in [-0.2, -0.15) is 9.97 Å². The summed E-state index contributed by atoms with van der Waals surface area (Å²) in [6.07, 6.45) is 11.3. The number of likely N-dealkylation sites (tertiary alicyclic amines) is 2. The highest BCUT2D eigenvalue weighted by molar-refractivity contribution is 7.13. The summed E-state index contributed by atoms with van der Waals surface area (Å²) < 4.78 is 50.7. The summed E-state index contributed by atoms with van der Waals surface area (Å²) in [7, 11) is 0. The number of carbonyl (C=O) groups excluding carboxylic acids is 1. The van der Waals surface area contributed by atoms with Crippen molar-refractivity contribution in [2.24, 2.45) is 11.3 Å². The molecule has 7 atom stereocenters. The maximum absolute atomic E-state index is 17.1. The number of fused-ring (bicyclic) bond motifs is 4. The number of carbonyl (C=O) groups is 1. The van der Waals surface area contributed by atoms with Gasteiger partial charge in [0, 0.05) is 61.5 Å². The summed E-state index contributed by atoms with van der Waals surface area (Å²) in [5.41, 5.74) is 4.91. The van der Waals surface area contributed by atoms with Crippen molar-refractivity contribution < 1.29 is 42.9 Å². The number of aliphatic hydroxyl groups excluding tert-OH is 2. The number of hydrogen-bond acceptors (Lipinski definition) is 17. The van der Waals surface area contributed by atoms with Crippen LogP contribution >= 0.6 is 11.3 Å². The number of nitrogens with one attached hydrogen (secondary N) is 2. The number of β-amino-alcohol motifs (C(OH)–C–C–N with tert-alkyl or cyclic N) is 1. The Morgan fingerprint density at radius 2 is 1.79 bits per heavy atom. The largest absolute Gasteiger partial charge is 0.508 e. The lowest BCUT2D eigenvalue weighted by Gasteiger charge is -2.51. The third-order valence-corrected chi connectivity index (χ3v) is 18.4. The van der Waals surface area contributed by atoms with Gasteiger partial charge in [-0.15, -0.1) is 17.8 Å². The second-order valence-corrected chi connectivity index (χ2v) is 23.9. The molecule has 0 radical (unpaired) electrons. The first-order valence-corrected chi connectivity index (χ1v) is 28.7. The standard InChI is InChI=1S/C60H66F2N10O7S/c1-6-43-46(61)14-11-37-21-40(73)22-44(51(37)43)53-52(62)54-45(27-63-53)56(71-28-38-12-13-39(29-71)66-38)68-59(67-54)77-20-19-70-17-15-60(16-18-70)25-42(26-60)78-49-24-48(79-69-49)50(32(2)3)58(76)72-30-41(74)23-47(72)57(75)65-33(4)35-7-9-36(10-8-35)55-34(5)64-31-80-55/h1,7-11,14,21-22,24,27,31-33,38-39,41-42,47,50,58,66,73-74,76H,12-13,15-20,23,25-26,28-30H2,2-5H3,(H,65,75)/t33-,38?,39?,41+,47-,50+,58?/m0/s1. The molecule has 4 saturated heterocycles. The normalized spacial score (nSPS) is 22.4. The molecule has 3 aromatic carbocycles. The first kappa shape index (κ1) is 53.8. The Morgan fingerprint density at radius 1 is 1.02 bits per heavy atom. The van der Waals surface area contributed by atoms with E-state index in [0.29, 0.717) is 47.9 Å². The van der Waals surface area contributed by atoms with Crippen molar-refractivity contribution in [3.8, 4) is 51.7 Å². The number of rotatable bonds is 16. The summed E-state index contributed by atoms with van der Waals surface area (Å²) in [4.78, 5) is 39.6. The number of thiazole rings is 1. The van der Waals surface area contributed by atoms with Gasteiger partial charge in [-0.25, -0.2) is 13.8 Å². The highest BCUT2D eigenvalue weighted by Crippen LogP contribution is 2.51. The van der Waals surface area contributed by atoms with Crippen molar-refractivity contribution in [3.05, 3.63) is 101 Å². The number of anilines is 1. The zero-order valence-corrected chi connectivity index (χ0v) is 46.1. The van der Waals surface area contributed by atoms with Crippen molar-refractivity contribution in [3.63, 3.8) is 0 Å². The number of aromatic nitrogens is 5. The number of benzene rings is 3. The first-order chi connectivity index (χ1) is 38.6. The van der Waals surface area contributed by atoms with Gasteiger partial charge >= 0.3 is 6.01 Å². The molecule has 4 aliphatic heterocycles. The SMILES string of the molecule is C#Cc1c(F)ccc2cc(O)cc(-c3ncc4c(N5CC6CCC(C5)N6)nc(OCCN5CCC6(CC5)CC(Oc5cc([C@@H](C(C)C)C(O)N7C[C@H](O)C[C@H]7C(=O)N[C@@H](C)c7ccc(-c8scnc8C)cc7)on5)C6)nc4c3F)c12. The van der Waals surface area contributed by atoms with E-state index in [9.17, 15) is 20.1 Å². The summed E-state index contributed by atoms with van der Waals surface area (Å²) in [6.45, 7) is 12.0. The molecule has 5 fully saturated rings. The van der Waals surface area contributed by atoms with E-state index in [1.165, 1.54) is 30.5 Å². The van der Waals surface area contributed by atoms with Crippen LogP contribution in [0.3, 0.4) is 0 Å². The molecule has 20 heteroatoms. The molecule has 1 amide bonds. The average Bonchev–Trinajstić information content (AvgIpc) is 4.32. The van der Waals surface area contributed by atoms with Gasteiger partial charge in [0.05, 0.1) is 51.1 Å². The molecule has 418 valence electrons. The van der Waals surface area contributed by atoms with E-state index in [0.717, 1.165) is 73.3 Å². The van der Waals surface area contributed by atoms with E-state index < -0.39 is 35.9 Å². The number of terminal acetylenes is 1. The molecule has 1 saturated carbocycles. The van der Waals surface area contributed by atoms with Crippen LogP contribution in [-0.4, -0.2) is 139 Å². The fraction of sp³-hybridized carbons (Fsp3) is 0.467. The molecule has 1 aliphatic carbocycles. The maximum atomic E-state index is 17.1. The van der Waals surface area contributed by atoms with Crippen molar-refractivity contribution >= 4 is 44.7 Å². The van der Waals surface area contributed by atoms with Gasteiger partial charge in [-0.05, 0) is 123 Å². The number of nitrogens with zero attached hydrogens (tertiary/aromatic N) is 8. The third kappa shape index (κ3) is 10.4. The summed E-state index contributed by atoms with van der Waals surface area (Å²) in [5.74, 6) is 1.24. The fourth-order valence-corrected chi connectivity index (χ4v) is 13.9. The predicted molar refractivity (Wildman–Crippen MR) is 299 cm³/mol. The topological polar surface area (TPSA) is 208 Å². The lowest BCUT2D eigenvalue weighted by atomic mass is 9.61. The van der Waals surface area contributed by atoms with Crippen LogP contribution in [0.5, 0.6) is 17.6 Å². The van der Waals surface area contributed by atoms with Gasteiger partial charge in [0.2, 0.25) is 5.91 Å². The van der Waals surface area contributed by atoms with E-state index in [-0.39, 0.29) is 101 Å². The number of aryl methyl sites for hydroxylation is 1. The van der Waals surface area contributed by atoms with Gasteiger partial charge < -0.3 is 44.8 Å².